The van der Waals surface area contributed by atoms with Crippen LogP contribution >= 0.6 is 34.0 Å². The Labute approximate surface area is 349 Å². The molecule has 0 radical (unpaired) electrons. The molecule has 58 heavy (non-hydrogen) atoms. The molecule has 3 atom stereocenters. The summed E-state index contributed by atoms with van der Waals surface area (Å²) in [5.74, 6) is -0.217. The molecule has 5 heterocycles. The molecule has 9 rings (SSSR count). The zero-order valence-electron chi connectivity index (χ0n) is 31.7. The lowest BCUT2D eigenvalue weighted by molar-refractivity contribution is -0.134. The minimum Gasteiger partial charge on any atom is -0.336 e. The highest BCUT2D eigenvalue weighted by Gasteiger charge is 2.37. The van der Waals surface area contributed by atoms with Crippen molar-refractivity contribution in [2.24, 2.45) is 0 Å². The number of rotatable bonds is 11. The fourth-order valence-electron chi connectivity index (χ4n) is 7.99. The van der Waals surface area contributed by atoms with Crippen molar-refractivity contribution in [3.05, 3.63) is 165 Å². The van der Waals surface area contributed by atoms with Gasteiger partial charge in [-0.05, 0) is 70.5 Å². The Balaban J connectivity index is 0.856. The molecule has 0 aliphatic carbocycles. The molecule has 11 heteroatoms. The van der Waals surface area contributed by atoms with Crippen molar-refractivity contribution < 1.29 is 14.4 Å². The van der Waals surface area contributed by atoms with Crippen LogP contribution in [0.3, 0.4) is 0 Å². The third-order valence-electron chi connectivity index (χ3n) is 11.0. The van der Waals surface area contributed by atoms with Gasteiger partial charge in [-0.25, -0.2) is 9.97 Å². The quantitative estimate of drug-likeness (QED) is 0.140. The van der Waals surface area contributed by atoms with Gasteiger partial charge in [0.2, 0.25) is 11.8 Å². The van der Waals surface area contributed by atoms with Gasteiger partial charge in [-0.1, -0.05) is 109 Å². The van der Waals surface area contributed by atoms with E-state index in [1.807, 2.05) is 88.2 Å². The van der Waals surface area contributed by atoms with Crippen molar-refractivity contribution in [2.75, 3.05) is 13.1 Å². The molecule has 8 nitrogen and oxygen atoms in total. The number of benzene rings is 4. The smallest absolute Gasteiger partial charge is 0.253 e. The first kappa shape index (κ1) is 37.8. The second kappa shape index (κ2) is 17.0. The van der Waals surface area contributed by atoms with Gasteiger partial charge >= 0.3 is 0 Å². The number of carbonyl (C=O) groups excluding carboxylic acids is 3. The highest BCUT2D eigenvalue weighted by Crippen LogP contribution is 2.40. The number of hydrogen-bond donors (Lipinski definition) is 1. The first-order valence-electron chi connectivity index (χ1n) is 19.6. The molecular formula is C47H41N5O3S3. The van der Waals surface area contributed by atoms with Crippen LogP contribution in [0.1, 0.15) is 75.3 Å². The van der Waals surface area contributed by atoms with Crippen molar-refractivity contribution in [3.63, 3.8) is 0 Å². The molecule has 4 aromatic carbocycles. The summed E-state index contributed by atoms with van der Waals surface area (Å²) in [6.45, 7) is 1.39. The summed E-state index contributed by atoms with van der Waals surface area (Å²) in [5, 5.41) is 8.57. The van der Waals surface area contributed by atoms with Crippen LogP contribution in [0.15, 0.2) is 138 Å². The third kappa shape index (κ3) is 8.02. The molecule has 7 aromatic rings. The van der Waals surface area contributed by atoms with Crippen LogP contribution < -0.4 is 5.32 Å². The average Bonchev–Trinajstić information content (AvgIpc) is 4.13. The number of thiazole rings is 2. The van der Waals surface area contributed by atoms with Crippen molar-refractivity contribution in [1.82, 2.24) is 25.1 Å². The SMILES string of the molecule is O=C(N[C@@H](C(=O)N1CCC[C@H]1c1ncc(-c2ccc(-c3ccc(-c4cnc(C5CCCN5C(=O)Cc5ccccc5)s4)cc3)cc2)s1)c1ccccc1)c1ccsc1. The van der Waals surface area contributed by atoms with E-state index in [2.05, 4.69) is 53.8 Å². The van der Waals surface area contributed by atoms with Crippen molar-refractivity contribution in [2.45, 2.75) is 50.2 Å². The Morgan fingerprint density at radius 2 is 1.19 bits per heavy atom. The molecule has 0 spiro atoms. The standard InChI is InChI=1S/C47H41N5O3S3/c53-42(27-31-9-3-1-4-10-31)51-24-7-13-38(51)45-48-28-40(57-45)34-19-15-32(16-20-34)33-17-21-35(22-18-33)41-29-49-46(58-41)39-14-8-25-52(39)47(55)43(36-11-5-2-6-12-36)50-44(54)37-23-26-56-30-37/h1-6,9-12,15-23,26,28-30,38-39,43H,7-8,13-14,24-25,27H2,(H,50,54)/t38?,39-,43+/m0/s1. The minimum atomic E-state index is -0.792. The molecule has 2 aliphatic heterocycles. The molecular weight excluding hydrogens is 779 g/mol. The van der Waals surface area contributed by atoms with E-state index >= 15 is 0 Å². The van der Waals surface area contributed by atoms with Crippen LogP contribution in [0.2, 0.25) is 0 Å². The third-order valence-corrected chi connectivity index (χ3v) is 14.0. The lowest BCUT2D eigenvalue weighted by Gasteiger charge is -2.28. The molecule has 2 saturated heterocycles. The first-order chi connectivity index (χ1) is 28.5. The number of hydrogen-bond acceptors (Lipinski definition) is 8. The lowest BCUT2D eigenvalue weighted by atomic mass is 10.0. The summed E-state index contributed by atoms with van der Waals surface area (Å²) >= 11 is 4.75. The van der Waals surface area contributed by atoms with Crippen LogP contribution in [0, 0.1) is 0 Å². The zero-order chi connectivity index (χ0) is 39.4. The summed E-state index contributed by atoms with van der Waals surface area (Å²) in [7, 11) is 0. The van der Waals surface area contributed by atoms with Gasteiger partial charge in [0.15, 0.2) is 0 Å². The second-order valence-corrected chi connectivity index (χ2v) is 17.6. The fraction of sp³-hybridized carbons (Fsp3) is 0.213. The van der Waals surface area contributed by atoms with Crippen molar-refractivity contribution in [3.8, 4) is 32.0 Å². The molecule has 290 valence electrons. The first-order valence-corrected chi connectivity index (χ1v) is 22.2. The zero-order valence-corrected chi connectivity index (χ0v) is 34.1. The minimum absolute atomic E-state index is 0.0323. The molecule has 3 amide bonds. The monoisotopic (exact) mass is 819 g/mol. The number of thiophene rings is 1. The molecule has 2 aliphatic rings. The molecule has 2 fully saturated rings. The molecule has 0 saturated carbocycles. The second-order valence-electron chi connectivity index (χ2n) is 14.7. The Morgan fingerprint density at radius 3 is 1.76 bits per heavy atom. The van der Waals surface area contributed by atoms with Crippen LogP contribution in [-0.4, -0.2) is 50.6 Å². The van der Waals surface area contributed by atoms with Gasteiger partial charge in [-0.15, -0.1) is 22.7 Å². The Bertz CT molecular complexity index is 2500. The Kier molecular flexibility index (Phi) is 11.1. The summed E-state index contributed by atoms with van der Waals surface area (Å²) in [4.78, 5) is 56.2. The number of amides is 3. The lowest BCUT2D eigenvalue weighted by Crippen LogP contribution is -2.42. The molecule has 3 aromatic heterocycles. The predicted molar refractivity (Wildman–Crippen MR) is 233 cm³/mol. The Morgan fingerprint density at radius 1 is 0.655 bits per heavy atom. The molecule has 1 unspecified atom stereocenters. The van der Waals surface area contributed by atoms with Gasteiger partial charge in [-0.3, -0.25) is 14.4 Å². The van der Waals surface area contributed by atoms with E-state index in [1.54, 1.807) is 34.1 Å². The van der Waals surface area contributed by atoms with E-state index in [0.29, 0.717) is 18.5 Å². The maximum atomic E-state index is 14.2. The number of aromatic nitrogens is 2. The fourth-order valence-corrected chi connectivity index (χ4v) is 10.8. The maximum absolute atomic E-state index is 14.2. The van der Waals surface area contributed by atoms with Crippen LogP contribution in [0.4, 0.5) is 0 Å². The van der Waals surface area contributed by atoms with E-state index in [-0.39, 0.29) is 29.8 Å². The highest BCUT2D eigenvalue weighted by molar-refractivity contribution is 7.15. The Hall–Kier alpha value is -5.75. The van der Waals surface area contributed by atoms with E-state index in [9.17, 15) is 14.4 Å². The predicted octanol–water partition coefficient (Wildman–Crippen LogP) is 10.4. The highest BCUT2D eigenvalue weighted by atomic mass is 32.1. The van der Waals surface area contributed by atoms with Gasteiger partial charge in [-0.2, -0.15) is 11.3 Å². The van der Waals surface area contributed by atoms with Gasteiger partial charge in [0.05, 0.1) is 33.8 Å². The van der Waals surface area contributed by atoms with Crippen LogP contribution in [-0.2, 0) is 16.0 Å². The van der Waals surface area contributed by atoms with E-state index in [1.165, 1.54) is 11.3 Å². The van der Waals surface area contributed by atoms with Crippen LogP contribution in [0.5, 0.6) is 0 Å². The average molecular weight is 820 g/mol. The van der Waals surface area contributed by atoms with Crippen LogP contribution in [0.25, 0.3) is 32.0 Å². The molecule has 0 bridgehead atoms. The normalized spacial score (nSPS) is 17.0. The molecule has 1 N–H and O–H groups in total. The van der Waals surface area contributed by atoms with E-state index in [4.69, 9.17) is 9.97 Å². The summed E-state index contributed by atoms with van der Waals surface area (Å²) in [6.07, 6.45) is 7.90. The summed E-state index contributed by atoms with van der Waals surface area (Å²) in [5.41, 5.74) is 6.78. The summed E-state index contributed by atoms with van der Waals surface area (Å²) in [6, 6.07) is 37.4. The van der Waals surface area contributed by atoms with Gasteiger partial charge < -0.3 is 15.1 Å². The van der Waals surface area contributed by atoms with E-state index in [0.717, 1.165) is 85.4 Å². The van der Waals surface area contributed by atoms with Gasteiger partial charge in [0.1, 0.15) is 16.1 Å². The van der Waals surface area contributed by atoms with Crippen molar-refractivity contribution >= 4 is 51.7 Å². The number of carbonyl (C=O) groups is 3. The number of nitrogens with one attached hydrogen (secondary N) is 1. The largest absolute Gasteiger partial charge is 0.336 e. The maximum Gasteiger partial charge on any atom is 0.253 e. The topological polar surface area (TPSA) is 95.5 Å². The number of nitrogens with zero attached hydrogens (tertiary/aromatic N) is 4. The number of likely N-dealkylation sites (tertiary alicyclic amines) is 2. The van der Waals surface area contributed by atoms with Crippen molar-refractivity contribution in [1.29, 1.82) is 0 Å². The van der Waals surface area contributed by atoms with Gasteiger partial charge in [0, 0.05) is 30.9 Å². The van der Waals surface area contributed by atoms with Gasteiger partial charge in [0.25, 0.3) is 5.91 Å². The summed E-state index contributed by atoms with van der Waals surface area (Å²) < 4.78 is 0. The van der Waals surface area contributed by atoms with E-state index < -0.39 is 6.04 Å².